The van der Waals surface area contributed by atoms with Crippen LogP contribution in [0.2, 0.25) is 0 Å². The smallest absolute Gasteiger partial charge is 0.0798 e. The van der Waals surface area contributed by atoms with Gasteiger partial charge in [-0.3, -0.25) is 0 Å². The van der Waals surface area contributed by atoms with Crippen LogP contribution in [0.3, 0.4) is 0 Å². The van der Waals surface area contributed by atoms with Crippen LogP contribution in [-0.4, -0.2) is 5.16 Å². The second-order valence-corrected chi connectivity index (χ2v) is 8.94. The first-order valence-corrected chi connectivity index (χ1v) is 10.8. The molecule has 0 amide bonds. The van der Waals surface area contributed by atoms with E-state index in [1.807, 2.05) is 0 Å². The Hall–Kier alpha value is -1.24. The lowest BCUT2D eigenvalue weighted by molar-refractivity contribution is 0.160. The summed E-state index contributed by atoms with van der Waals surface area (Å²) in [7, 11) is 0. The summed E-state index contributed by atoms with van der Waals surface area (Å²) in [6.45, 7) is 6.63. The summed E-state index contributed by atoms with van der Waals surface area (Å²) in [5.74, 6) is 3.76. The summed E-state index contributed by atoms with van der Waals surface area (Å²) in [6.07, 6.45) is 16.3. The lowest BCUT2D eigenvalue weighted by Gasteiger charge is -2.36. The topological polar surface area (TPSA) is 12.4 Å². The number of isothiocyanates is 1. The van der Waals surface area contributed by atoms with Crippen molar-refractivity contribution in [1.82, 2.24) is 0 Å². The van der Waals surface area contributed by atoms with Gasteiger partial charge in [0.2, 0.25) is 0 Å². The average molecular weight is 368 g/mol. The molecule has 2 aliphatic carbocycles. The van der Waals surface area contributed by atoms with Crippen LogP contribution in [-0.2, 0) is 0 Å². The van der Waals surface area contributed by atoms with Crippen LogP contribution >= 0.6 is 12.2 Å². The third-order valence-electron chi connectivity index (χ3n) is 6.78. The second-order valence-electron chi connectivity index (χ2n) is 8.76. The summed E-state index contributed by atoms with van der Waals surface area (Å²) >= 11 is 4.75. The van der Waals surface area contributed by atoms with Gasteiger partial charge in [-0.1, -0.05) is 31.9 Å². The van der Waals surface area contributed by atoms with E-state index in [1.165, 1.54) is 68.1 Å². The Morgan fingerprint density at radius 2 is 1.46 bits per heavy atom. The van der Waals surface area contributed by atoms with Crippen LogP contribution in [0.15, 0.2) is 23.2 Å². The van der Waals surface area contributed by atoms with E-state index in [1.54, 1.807) is 0 Å². The number of aliphatic imine (C=N–C) groups is 1. The highest BCUT2D eigenvalue weighted by Crippen LogP contribution is 2.41. The molecule has 1 nitrogen and oxygen atoms in total. The van der Waals surface area contributed by atoms with Crippen LogP contribution in [0.25, 0.3) is 6.08 Å². The van der Waals surface area contributed by atoms with Gasteiger partial charge in [0.25, 0.3) is 0 Å². The molecule has 3 rings (SSSR count). The van der Waals surface area contributed by atoms with Crippen molar-refractivity contribution in [3.8, 4) is 0 Å². The van der Waals surface area contributed by atoms with Crippen LogP contribution in [0, 0.1) is 37.5 Å². The number of benzene rings is 1. The van der Waals surface area contributed by atoms with Crippen LogP contribution < -0.4 is 0 Å². The van der Waals surface area contributed by atoms with Crippen LogP contribution in [0.1, 0.15) is 75.0 Å². The minimum absolute atomic E-state index is 0.757. The molecule has 0 saturated heterocycles. The van der Waals surface area contributed by atoms with Crippen molar-refractivity contribution in [2.75, 3.05) is 0 Å². The zero-order chi connectivity index (χ0) is 18.5. The molecule has 140 valence electrons. The van der Waals surface area contributed by atoms with Gasteiger partial charge >= 0.3 is 0 Å². The molecular weight excluding hydrogens is 334 g/mol. The molecular formula is C24H33NS. The minimum atomic E-state index is 0.757. The number of hydrogen-bond donors (Lipinski definition) is 0. The Bertz CT molecular complexity index is 659. The predicted molar refractivity (Wildman–Crippen MR) is 116 cm³/mol. The molecule has 0 bridgehead atoms. The molecule has 0 N–H and O–H groups in total. The van der Waals surface area contributed by atoms with Gasteiger partial charge in [-0.25, -0.2) is 0 Å². The van der Waals surface area contributed by atoms with Gasteiger partial charge in [-0.15, -0.1) is 0 Å². The predicted octanol–water partition coefficient (Wildman–Crippen LogP) is 7.68. The third-order valence-corrected chi connectivity index (χ3v) is 6.87. The molecule has 0 radical (unpaired) electrons. The second kappa shape index (κ2) is 9.11. The molecule has 0 spiro atoms. The van der Waals surface area contributed by atoms with Gasteiger partial charge in [-0.2, -0.15) is 4.99 Å². The number of allylic oxidation sites excluding steroid dienone is 1. The van der Waals surface area contributed by atoms with E-state index in [0.717, 1.165) is 29.4 Å². The van der Waals surface area contributed by atoms with Crippen LogP contribution in [0.5, 0.6) is 0 Å². The fourth-order valence-electron chi connectivity index (χ4n) is 5.12. The van der Waals surface area contributed by atoms with Crippen molar-refractivity contribution < 1.29 is 0 Å². The van der Waals surface area contributed by atoms with Crippen LogP contribution in [0.4, 0.5) is 5.69 Å². The minimum Gasteiger partial charge on any atom is -0.194 e. The van der Waals surface area contributed by atoms with Gasteiger partial charge < -0.3 is 0 Å². The van der Waals surface area contributed by atoms with E-state index in [9.17, 15) is 0 Å². The molecule has 0 aromatic heterocycles. The first-order valence-electron chi connectivity index (χ1n) is 10.4. The molecule has 2 aliphatic rings. The number of rotatable bonds is 4. The summed E-state index contributed by atoms with van der Waals surface area (Å²) in [5, 5.41) is 2.49. The molecule has 2 saturated carbocycles. The van der Waals surface area contributed by atoms with E-state index in [2.05, 4.69) is 55.2 Å². The first-order chi connectivity index (χ1) is 12.6. The summed E-state index contributed by atoms with van der Waals surface area (Å²) < 4.78 is 0. The number of thiocarbonyl (C=S) groups is 1. The fraction of sp³-hybridized carbons (Fsp3) is 0.625. The molecule has 1 aromatic carbocycles. The normalized spacial score (nSPS) is 29.5. The summed E-state index contributed by atoms with van der Waals surface area (Å²) in [5.41, 5.74) is 4.61. The number of nitrogens with zero attached hydrogens (tertiary/aromatic N) is 1. The molecule has 0 aliphatic heterocycles. The maximum Gasteiger partial charge on any atom is 0.0798 e. The Morgan fingerprint density at radius 1 is 0.923 bits per heavy atom. The standard InChI is InChI=1S/C24H33NS/c1-17-4-10-22(11-5-17)23-12-8-20(9-13-23)6-7-21-14-18(2)24(25-16-26)19(3)15-21/h6-7,14-15,17,20,22-23H,4-5,8-13H2,1-3H3/b7-6+. The van der Waals surface area contributed by atoms with Gasteiger partial charge in [0, 0.05) is 0 Å². The molecule has 2 fully saturated rings. The highest BCUT2D eigenvalue weighted by atomic mass is 32.1. The zero-order valence-electron chi connectivity index (χ0n) is 16.6. The van der Waals surface area contributed by atoms with Crippen molar-refractivity contribution in [1.29, 1.82) is 0 Å². The number of aryl methyl sites for hydroxylation is 2. The Balaban J connectivity index is 1.55. The largest absolute Gasteiger partial charge is 0.194 e. The van der Waals surface area contributed by atoms with Crippen molar-refractivity contribution in [2.45, 2.75) is 72.1 Å². The molecule has 0 atom stereocenters. The van der Waals surface area contributed by atoms with E-state index in [0.29, 0.717) is 0 Å². The fourth-order valence-corrected chi connectivity index (χ4v) is 5.21. The monoisotopic (exact) mass is 367 g/mol. The lowest BCUT2D eigenvalue weighted by atomic mass is 9.69. The van der Waals surface area contributed by atoms with Crippen molar-refractivity contribution in [2.24, 2.45) is 28.7 Å². The Kier molecular flexibility index (Phi) is 6.84. The van der Waals surface area contributed by atoms with Gasteiger partial charge in [-0.05, 0) is 117 Å². The van der Waals surface area contributed by atoms with E-state index in [4.69, 9.17) is 12.2 Å². The summed E-state index contributed by atoms with van der Waals surface area (Å²) in [4.78, 5) is 4.19. The molecule has 1 aromatic rings. The highest BCUT2D eigenvalue weighted by Gasteiger charge is 2.29. The van der Waals surface area contributed by atoms with E-state index >= 15 is 0 Å². The first kappa shape index (κ1) is 19.5. The maximum atomic E-state index is 4.75. The Morgan fingerprint density at radius 3 is 2.00 bits per heavy atom. The number of hydrogen-bond acceptors (Lipinski definition) is 2. The molecule has 0 heterocycles. The van der Waals surface area contributed by atoms with Crippen molar-refractivity contribution in [3.63, 3.8) is 0 Å². The average Bonchev–Trinajstić information content (AvgIpc) is 2.64. The molecule has 26 heavy (non-hydrogen) atoms. The third kappa shape index (κ3) is 4.93. The Labute approximate surface area is 165 Å². The van der Waals surface area contributed by atoms with Gasteiger partial charge in [0.05, 0.1) is 10.8 Å². The molecule has 0 unspecified atom stereocenters. The van der Waals surface area contributed by atoms with Crippen molar-refractivity contribution >= 4 is 29.1 Å². The van der Waals surface area contributed by atoms with Gasteiger partial charge in [0.1, 0.15) is 0 Å². The van der Waals surface area contributed by atoms with E-state index in [-0.39, 0.29) is 0 Å². The lowest BCUT2D eigenvalue weighted by Crippen LogP contribution is -2.24. The molecule has 2 heteroatoms. The quantitative estimate of drug-likeness (QED) is 0.392. The van der Waals surface area contributed by atoms with Gasteiger partial charge in [0.15, 0.2) is 0 Å². The van der Waals surface area contributed by atoms with Crippen molar-refractivity contribution in [3.05, 3.63) is 34.9 Å². The summed E-state index contributed by atoms with van der Waals surface area (Å²) in [6, 6.07) is 4.42. The highest BCUT2D eigenvalue weighted by molar-refractivity contribution is 7.78. The van der Waals surface area contributed by atoms with E-state index < -0.39 is 0 Å². The SMILES string of the molecule is Cc1cc(/C=C/C2CCC(C3CCC(C)CC3)CC2)cc(C)c1N=C=S. The maximum absolute atomic E-state index is 4.75. The zero-order valence-corrected chi connectivity index (χ0v) is 17.4.